The van der Waals surface area contributed by atoms with Gasteiger partial charge in [0, 0.05) is 15.4 Å². The number of esters is 1. The lowest BCUT2D eigenvalue weighted by molar-refractivity contribution is -0.149. The van der Waals surface area contributed by atoms with Crippen LogP contribution in [0.3, 0.4) is 0 Å². The van der Waals surface area contributed by atoms with E-state index in [0.29, 0.717) is 10.9 Å². The SMILES string of the molecule is COc1ccc(-c2csc(NC(=O)COC(=O)COc3ccc(Br)cc3)n2)cc1. The Bertz CT molecular complexity index is 973. The third kappa shape index (κ3) is 6.30. The first-order valence-electron chi connectivity index (χ1n) is 8.47. The smallest absolute Gasteiger partial charge is 0.344 e. The summed E-state index contributed by atoms with van der Waals surface area (Å²) in [5.74, 6) is 0.172. The number of nitrogens with one attached hydrogen (secondary N) is 1. The molecule has 1 aromatic heterocycles. The van der Waals surface area contributed by atoms with Crippen LogP contribution in [-0.2, 0) is 14.3 Å². The van der Waals surface area contributed by atoms with Crippen molar-refractivity contribution in [3.8, 4) is 22.8 Å². The van der Waals surface area contributed by atoms with Gasteiger partial charge in [-0.2, -0.15) is 0 Å². The third-order valence-electron chi connectivity index (χ3n) is 3.67. The first-order valence-corrected chi connectivity index (χ1v) is 10.1. The number of aromatic nitrogens is 1. The lowest BCUT2D eigenvalue weighted by Crippen LogP contribution is -2.23. The number of methoxy groups -OCH3 is 1. The fourth-order valence-electron chi connectivity index (χ4n) is 2.24. The minimum absolute atomic E-state index is 0.284. The van der Waals surface area contributed by atoms with Gasteiger partial charge < -0.3 is 14.2 Å². The molecule has 2 aromatic carbocycles. The van der Waals surface area contributed by atoms with Gasteiger partial charge in [-0.1, -0.05) is 15.9 Å². The zero-order valence-corrected chi connectivity index (χ0v) is 17.8. The van der Waals surface area contributed by atoms with Crippen molar-refractivity contribution in [1.29, 1.82) is 0 Å². The molecule has 0 spiro atoms. The summed E-state index contributed by atoms with van der Waals surface area (Å²) in [5.41, 5.74) is 1.63. The van der Waals surface area contributed by atoms with Crippen LogP contribution in [0.1, 0.15) is 0 Å². The Kier molecular flexibility index (Phi) is 7.20. The standard InChI is InChI=1S/C20H17BrN2O5S/c1-26-15-6-2-13(3-7-15)17-12-29-20(22-17)23-18(24)10-28-19(25)11-27-16-8-4-14(21)5-9-16/h2-9,12H,10-11H2,1H3,(H,22,23,24). The highest BCUT2D eigenvalue weighted by molar-refractivity contribution is 9.10. The largest absolute Gasteiger partial charge is 0.497 e. The fraction of sp³-hybridized carbons (Fsp3) is 0.150. The van der Waals surface area contributed by atoms with Crippen LogP contribution < -0.4 is 14.8 Å². The zero-order chi connectivity index (χ0) is 20.6. The van der Waals surface area contributed by atoms with E-state index in [9.17, 15) is 9.59 Å². The summed E-state index contributed by atoms with van der Waals surface area (Å²) in [5, 5.41) is 4.86. The maximum Gasteiger partial charge on any atom is 0.344 e. The van der Waals surface area contributed by atoms with Crippen LogP contribution in [0.4, 0.5) is 5.13 Å². The van der Waals surface area contributed by atoms with Crippen LogP contribution >= 0.6 is 27.3 Å². The van der Waals surface area contributed by atoms with E-state index < -0.39 is 18.5 Å². The molecule has 0 atom stereocenters. The maximum absolute atomic E-state index is 12.0. The van der Waals surface area contributed by atoms with Crippen molar-refractivity contribution in [2.75, 3.05) is 25.6 Å². The van der Waals surface area contributed by atoms with Gasteiger partial charge in [0.1, 0.15) is 11.5 Å². The van der Waals surface area contributed by atoms with E-state index in [4.69, 9.17) is 14.2 Å². The van der Waals surface area contributed by atoms with Gasteiger partial charge in [-0.15, -0.1) is 11.3 Å². The molecule has 3 aromatic rings. The number of carbonyl (C=O) groups excluding carboxylic acids is 2. The molecule has 1 N–H and O–H groups in total. The van der Waals surface area contributed by atoms with Crippen LogP contribution in [0.2, 0.25) is 0 Å². The number of hydrogen-bond donors (Lipinski definition) is 1. The Labute approximate surface area is 179 Å². The Morgan fingerprint density at radius 2 is 1.72 bits per heavy atom. The molecule has 0 radical (unpaired) electrons. The van der Waals surface area contributed by atoms with E-state index in [1.807, 2.05) is 29.6 Å². The summed E-state index contributed by atoms with van der Waals surface area (Å²) in [4.78, 5) is 28.1. The van der Waals surface area contributed by atoms with Crippen molar-refractivity contribution in [1.82, 2.24) is 4.98 Å². The van der Waals surface area contributed by atoms with Gasteiger partial charge in [-0.3, -0.25) is 10.1 Å². The van der Waals surface area contributed by atoms with Crippen molar-refractivity contribution in [2.45, 2.75) is 0 Å². The van der Waals surface area contributed by atoms with E-state index in [1.54, 1.807) is 31.4 Å². The first kappa shape index (κ1) is 20.8. The van der Waals surface area contributed by atoms with Gasteiger partial charge in [0.15, 0.2) is 18.3 Å². The minimum atomic E-state index is -0.638. The topological polar surface area (TPSA) is 86.8 Å². The quantitative estimate of drug-likeness (QED) is 0.491. The van der Waals surface area contributed by atoms with E-state index >= 15 is 0 Å². The highest BCUT2D eigenvalue weighted by Crippen LogP contribution is 2.26. The van der Waals surface area contributed by atoms with Gasteiger partial charge >= 0.3 is 5.97 Å². The van der Waals surface area contributed by atoms with Gasteiger partial charge in [0.25, 0.3) is 5.91 Å². The monoisotopic (exact) mass is 476 g/mol. The molecule has 0 aliphatic heterocycles. The summed E-state index contributed by atoms with van der Waals surface area (Å²) < 4.78 is 16.2. The molecule has 0 aliphatic rings. The molecular weight excluding hydrogens is 460 g/mol. The summed E-state index contributed by atoms with van der Waals surface area (Å²) >= 11 is 4.60. The number of anilines is 1. The summed E-state index contributed by atoms with van der Waals surface area (Å²) in [7, 11) is 1.60. The molecule has 0 saturated carbocycles. The Balaban J connectivity index is 1.43. The number of ether oxygens (including phenoxy) is 3. The number of hydrogen-bond acceptors (Lipinski definition) is 7. The molecule has 3 rings (SSSR count). The van der Waals surface area contributed by atoms with Crippen LogP contribution in [0.15, 0.2) is 58.4 Å². The number of nitrogens with zero attached hydrogens (tertiary/aromatic N) is 1. The van der Waals surface area contributed by atoms with Gasteiger partial charge in [-0.25, -0.2) is 9.78 Å². The molecule has 7 nitrogen and oxygen atoms in total. The fourth-order valence-corrected chi connectivity index (χ4v) is 3.24. The molecule has 150 valence electrons. The second-order valence-electron chi connectivity index (χ2n) is 5.72. The van der Waals surface area contributed by atoms with E-state index in [1.165, 1.54) is 11.3 Å². The van der Waals surface area contributed by atoms with E-state index in [-0.39, 0.29) is 6.61 Å². The number of carbonyl (C=O) groups is 2. The second kappa shape index (κ2) is 10.0. The number of benzene rings is 2. The van der Waals surface area contributed by atoms with Crippen molar-refractivity contribution < 1.29 is 23.8 Å². The number of rotatable bonds is 8. The molecule has 0 bridgehead atoms. The number of amides is 1. The van der Waals surface area contributed by atoms with Crippen LogP contribution in [0, 0.1) is 0 Å². The van der Waals surface area contributed by atoms with Crippen LogP contribution in [0.5, 0.6) is 11.5 Å². The second-order valence-corrected chi connectivity index (χ2v) is 7.49. The number of halogens is 1. The summed E-state index contributed by atoms with van der Waals surface area (Å²) in [6, 6.07) is 14.5. The molecule has 0 unspecified atom stereocenters. The van der Waals surface area contributed by atoms with Crippen LogP contribution in [0.25, 0.3) is 11.3 Å². The van der Waals surface area contributed by atoms with Crippen molar-refractivity contribution in [3.63, 3.8) is 0 Å². The zero-order valence-electron chi connectivity index (χ0n) is 15.4. The molecular formula is C20H17BrN2O5S. The molecule has 1 amide bonds. The maximum atomic E-state index is 12.0. The Hall–Kier alpha value is -2.91. The average molecular weight is 477 g/mol. The Morgan fingerprint density at radius 1 is 1.03 bits per heavy atom. The van der Waals surface area contributed by atoms with Crippen molar-refractivity contribution in [2.24, 2.45) is 0 Å². The molecule has 0 aliphatic carbocycles. The van der Waals surface area contributed by atoms with Gasteiger partial charge in [0.2, 0.25) is 0 Å². The molecule has 9 heteroatoms. The van der Waals surface area contributed by atoms with E-state index in [2.05, 4.69) is 26.2 Å². The highest BCUT2D eigenvalue weighted by atomic mass is 79.9. The minimum Gasteiger partial charge on any atom is -0.497 e. The Morgan fingerprint density at radius 3 is 2.41 bits per heavy atom. The lowest BCUT2D eigenvalue weighted by atomic mass is 10.2. The van der Waals surface area contributed by atoms with Gasteiger partial charge in [-0.05, 0) is 48.5 Å². The molecule has 29 heavy (non-hydrogen) atoms. The number of thiazole rings is 1. The van der Waals surface area contributed by atoms with Crippen molar-refractivity contribution in [3.05, 3.63) is 58.4 Å². The third-order valence-corrected chi connectivity index (χ3v) is 4.96. The van der Waals surface area contributed by atoms with Crippen LogP contribution in [-0.4, -0.2) is 37.2 Å². The van der Waals surface area contributed by atoms with E-state index in [0.717, 1.165) is 21.5 Å². The highest BCUT2D eigenvalue weighted by Gasteiger charge is 2.11. The normalized spacial score (nSPS) is 10.3. The van der Waals surface area contributed by atoms with Crippen molar-refractivity contribution >= 4 is 44.3 Å². The lowest BCUT2D eigenvalue weighted by Gasteiger charge is -2.07. The summed E-state index contributed by atoms with van der Waals surface area (Å²) in [6.45, 7) is -0.701. The predicted molar refractivity (Wildman–Crippen MR) is 113 cm³/mol. The first-order chi connectivity index (χ1) is 14.0. The predicted octanol–water partition coefficient (Wildman–Crippen LogP) is 4.14. The molecule has 0 saturated heterocycles. The molecule has 1 heterocycles. The molecule has 0 fully saturated rings. The summed E-state index contributed by atoms with van der Waals surface area (Å²) in [6.07, 6.45) is 0. The average Bonchev–Trinajstić information content (AvgIpc) is 3.20. The van der Waals surface area contributed by atoms with Gasteiger partial charge in [0.05, 0.1) is 12.8 Å².